The number of aliphatic carboxylic acids is 1. The number of fused-ring (bicyclic) bond motifs is 4. The van der Waals surface area contributed by atoms with Crippen molar-refractivity contribution in [2.75, 3.05) is 19.8 Å². The summed E-state index contributed by atoms with van der Waals surface area (Å²) >= 11 is 9.10. The van der Waals surface area contributed by atoms with Gasteiger partial charge in [-0.15, -0.1) is 0 Å². The van der Waals surface area contributed by atoms with Gasteiger partial charge in [-0.05, 0) is 216 Å². The number of benzene rings is 4. The average molecular weight is 2050 g/mol. The van der Waals surface area contributed by atoms with Gasteiger partial charge in [-0.1, -0.05) is 84.4 Å². The van der Waals surface area contributed by atoms with Crippen LogP contribution < -0.4 is 60.5 Å². The van der Waals surface area contributed by atoms with Crippen LogP contribution in [-0.4, -0.2) is 144 Å². The second kappa shape index (κ2) is 50.9. The number of pyridine rings is 7. The normalized spacial score (nSPS) is 14.6. The van der Waals surface area contributed by atoms with Crippen molar-refractivity contribution >= 4 is 122 Å². The Morgan fingerprint density at radius 3 is 1.01 bits per heavy atom. The molecule has 145 heavy (non-hydrogen) atoms. The summed E-state index contributed by atoms with van der Waals surface area (Å²) < 4.78 is 98.4. The number of esters is 3. The monoisotopic (exact) mass is 2050 g/mol. The van der Waals surface area contributed by atoms with Gasteiger partial charge in [-0.3, -0.25) is 34.1 Å². The average Bonchev–Trinajstić information content (AvgIpc) is 1.59. The summed E-state index contributed by atoms with van der Waals surface area (Å²) in [5, 5.41) is 9.77. The number of halogens is 2. The van der Waals surface area contributed by atoms with Crippen molar-refractivity contribution in [1.29, 1.82) is 0 Å². The van der Waals surface area contributed by atoms with Crippen molar-refractivity contribution in [3.8, 4) is 45.3 Å². The third-order valence-corrected chi connectivity index (χ3v) is 25.3. The van der Waals surface area contributed by atoms with E-state index in [4.69, 9.17) is 113 Å². The van der Waals surface area contributed by atoms with Crippen LogP contribution >= 0.6 is 27.5 Å². The fourth-order valence-corrected chi connectivity index (χ4v) is 15.8. The van der Waals surface area contributed by atoms with E-state index in [1.807, 2.05) is 223 Å². The Hall–Kier alpha value is -12.7. The number of carboxylic acids is 1. The number of nitrogens with zero attached hydrogens (tertiary/aromatic N) is 7. The van der Waals surface area contributed by atoms with E-state index < -0.39 is 38.3 Å². The van der Waals surface area contributed by atoms with E-state index in [-0.39, 0.29) is 110 Å². The first-order valence-electron chi connectivity index (χ1n) is 46.7. The van der Waals surface area contributed by atoms with Crippen LogP contribution in [0.3, 0.4) is 0 Å². The number of hydrogen-bond acceptors (Lipinski definition) is 32. The van der Waals surface area contributed by atoms with Gasteiger partial charge in [0.2, 0.25) is 0 Å². The summed E-state index contributed by atoms with van der Waals surface area (Å²) in [6.07, 6.45) is 11.9. The van der Waals surface area contributed by atoms with Crippen LogP contribution in [-0.2, 0) is 133 Å². The van der Waals surface area contributed by atoms with Gasteiger partial charge in [0.25, 0.3) is 0 Å². The molecule has 0 amide bonds. The smallest absolute Gasteiger partial charge is 0.870 e. The SMILES string of the molecule is CC1(C)OB(B2OC(C)(C)C(C)(C)O2)OC1(C)C.CCOC(=O)Cc1ccccc1OCc1cc(-c2ccnc(CN)c2)c2occc2n1.CCOC(=O)Cc1ccccc1OCc1cc(B2OC(C)(C)C(C)(C)O2)c2occc2n1.CCOC(=O)Cc1ccccc1OCc1cc(Br)c2occc2n1.NCc1cc(-c2cc(COc3ccccc3CC(=O)O)nc3ccoc23)ccn1.NCc1cc(Cl)ccn1.[Li+].[OH-]. The Labute approximate surface area is 867 Å². The van der Waals surface area contributed by atoms with Crippen LogP contribution in [0.1, 0.15) is 166 Å². The molecular formula is C106H118B3BrClLiN10O23. The molecule has 3 saturated heterocycles. The van der Waals surface area contributed by atoms with E-state index in [1.54, 1.807) is 107 Å². The Morgan fingerprint density at radius 1 is 0.372 bits per heavy atom. The summed E-state index contributed by atoms with van der Waals surface area (Å²) in [6.45, 7) is 32.8. The molecule has 18 rings (SSSR count). The van der Waals surface area contributed by atoms with Gasteiger partial charge in [0.15, 0.2) is 22.3 Å². The number of nitrogens with two attached hydrogens (primary N) is 3. The van der Waals surface area contributed by atoms with Crippen LogP contribution in [0.25, 0.3) is 66.7 Å². The molecule has 0 bridgehead atoms. The molecule has 754 valence electrons. The quantitative estimate of drug-likeness (QED) is 0.0184. The predicted octanol–water partition coefficient (Wildman–Crippen LogP) is 15.9. The second-order valence-corrected chi connectivity index (χ2v) is 37.5. The standard InChI is InChI=1S/C24H28BNO6.C24H23N3O4.C22H19N3O4.C18H16BrNO4.C12H24B2O4.C6H7ClN2.Li.H2O/c1-6-28-21(27)13-16-9-7-8-10-20(16)30-15-17-14-18(22-19(26-17)11-12-29-22)25-31-23(2,3)24(4,5)32-25;1-2-29-23(28)12-17-5-3-4-6-22(17)31-15-19-13-20(24-21(27-19)8-10-30-24)16-7-9-26-18(11-16)14-25;23-12-16-9-14(5-7-24-16)18-11-17(25-19-6-8-28-22(18)19)13-29-20-4-2-1-3-15(20)10-21(26)27;1-2-22-17(21)9-12-5-3-4-6-16(12)24-11-13-10-14(19)18-15(20-13)7-8-23-18;1-9(2)10(3,4)16-13(15-9)14-17-11(5,6)12(7,8)18-14;7-5-1-2-9-6(3-5)4-8;;/h7-12,14H,6,13,15H2,1-5H3;3-11,13H,2,12,14-15,25H2,1H3;1-9,11H,10,12-13,23H2,(H,26,27);3-8,10H,2,9,11H2,1H3;1-8H3;1-3H,4,8H2;;1H2/q;;;;;;+1;/p-1. The second-order valence-electron chi connectivity index (χ2n) is 36.2. The molecule has 15 aromatic rings. The van der Waals surface area contributed by atoms with E-state index >= 15 is 0 Å². The van der Waals surface area contributed by atoms with E-state index in [0.29, 0.717) is 124 Å². The van der Waals surface area contributed by atoms with E-state index in [2.05, 4.69) is 50.8 Å². The Balaban J connectivity index is 0.000000170. The molecule has 3 aliphatic rings. The molecule has 0 radical (unpaired) electrons. The van der Waals surface area contributed by atoms with Crippen molar-refractivity contribution in [2.45, 2.75) is 209 Å². The van der Waals surface area contributed by atoms with Gasteiger partial charge < -0.3 is 107 Å². The summed E-state index contributed by atoms with van der Waals surface area (Å²) in [5.41, 5.74) is 32.7. The molecule has 39 heteroatoms. The van der Waals surface area contributed by atoms with Gasteiger partial charge >= 0.3 is 63.9 Å². The Kier molecular flexibility index (Phi) is 39.6. The summed E-state index contributed by atoms with van der Waals surface area (Å²) in [5.74, 6) is 0.670. The zero-order valence-corrected chi connectivity index (χ0v) is 86.4. The van der Waals surface area contributed by atoms with Crippen LogP contribution in [0.15, 0.2) is 248 Å². The van der Waals surface area contributed by atoms with Gasteiger partial charge in [0, 0.05) is 106 Å². The van der Waals surface area contributed by atoms with Gasteiger partial charge in [0.1, 0.15) is 71.5 Å². The molecule has 0 saturated carbocycles. The zero-order chi connectivity index (χ0) is 102. The minimum atomic E-state index is -0.908. The zero-order valence-electron chi connectivity index (χ0n) is 84.1. The number of para-hydroxylation sites is 4. The first kappa shape index (κ1) is 113. The van der Waals surface area contributed by atoms with E-state index in [0.717, 1.165) is 88.4 Å². The third kappa shape index (κ3) is 29.4. The number of carboxylic acid groups (broad SMARTS) is 1. The maximum atomic E-state index is 11.9. The van der Waals surface area contributed by atoms with Crippen molar-refractivity contribution in [3.05, 3.63) is 297 Å². The number of ether oxygens (including phenoxy) is 7. The van der Waals surface area contributed by atoms with Crippen LogP contribution in [0.2, 0.25) is 5.02 Å². The van der Waals surface area contributed by atoms with Crippen molar-refractivity contribution in [2.24, 2.45) is 17.2 Å². The molecule has 0 aliphatic carbocycles. The Morgan fingerprint density at radius 2 is 0.669 bits per heavy atom. The van der Waals surface area contributed by atoms with E-state index in [1.165, 1.54) is 0 Å². The minimum absolute atomic E-state index is 0. The first-order valence-corrected chi connectivity index (χ1v) is 47.9. The molecule has 3 aliphatic heterocycles. The molecule has 11 aromatic heterocycles. The number of carbonyl (C=O) groups excluding carboxylic acids is 3. The summed E-state index contributed by atoms with van der Waals surface area (Å²) in [4.78, 5) is 77.4. The molecular weight excluding hydrogens is 1940 g/mol. The van der Waals surface area contributed by atoms with Crippen molar-refractivity contribution in [3.63, 3.8) is 0 Å². The fourth-order valence-electron chi connectivity index (χ4n) is 15.0. The Bertz CT molecular complexity index is 6820. The number of aromatic nitrogens is 7. The van der Waals surface area contributed by atoms with E-state index in [9.17, 15) is 19.2 Å². The van der Waals surface area contributed by atoms with Crippen LogP contribution in [0.4, 0.5) is 0 Å². The third-order valence-electron chi connectivity index (χ3n) is 24.4. The molecule has 3 fully saturated rings. The molecule has 4 aromatic carbocycles. The van der Waals surface area contributed by atoms with Crippen LogP contribution in [0.5, 0.6) is 23.0 Å². The number of carbonyl (C=O) groups is 4. The summed E-state index contributed by atoms with van der Waals surface area (Å²) in [7, 11) is -1.53. The minimum Gasteiger partial charge on any atom is -0.870 e. The van der Waals surface area contributed by atoms with Crippen LogP contribution in [0, 0.1) is 0 Å². The maximum absolute atomic E-state index is 11.9. The largest absolute Gasteiger partial charge is 1.00 e. The fraction of sp³-hybridized carbons (Fsp3) is 0.330. The number of rotatable bonds is 30. The molecule has 0 unspecified atom stereocenters. The maximum Gasteiger partial charge on any atom is 1.00 e. The molecule has 14 heterocycles. The van der Waals surface area contributed by atoms with Crippen molar-refractivity contribution < 1.29 is 127 Å². The number of furan rings is 4. The molecule has 33 nitrogen and oxygen atoms in total. The summed E-state index contributed by atoms with van der Waals surface area (Å²) in [6, 6.07) is 55.3. The van der Waals surface area contributed by atoms with Crippen molar-refractivity contribution in [1.82, 2.24) is 34.9 Å². The number of hydrogen-bond donors (Lipinski definition) is 4. The van der Waals surface area contributed by atoms with Gasteiger partial charge in [0.05, 0.1) is 148 Å². The molecule has 0 atom stereocenters. The predicted molar refractivity (Wildman–Crippen MR) is 548 cm³/mol. The molecule has 8 N–H and O–H groups in total. The topological polar surface area (TPSA) is 459 Å². The first-order chi connectivity index (χ1) is 68.4. The van der Waals surface area contributed by atoms with Gasteiger partial charge in [-0.2, -0.15) is 0 Å². The molecule has 0 spiro atoms. The van der Waals surface area contributed by atoms with Gasteiger partial charge in [-0.25, -0.2) is 19.9 Å².